The van der Waals surface area contributed by atoms with Gasteiger partial charge in [-0.1, -0.05) is 17.7 Å². The van der Waals surface area contributed by atoms with Crippen LogP contribution < -0.4 is 16.0 Å². The third-order valence-electron chi connectivity index (χ3n) is 5.83. The highest BCUT2D eigenvalue weighted by molar-refractivity contribution is 7.11. The lowest BCUT2D eigenvalue weighted by Gasteiger charge is -2.30. The van der Waals surface area contributed by atoms with Gasteiger partial charge in [0.1, 0.15) is 18.0 Å². The minimum absolute atomic E-state index is 0.0118. The van der Waals surface area contributed by atoms with E-state index in [1.165, 1.54) is 28.4 Å². The number of amidine groups is 1. The molecule has 4 N–H and O–H groups in total. The summed E-state index contributed by atoms with van der Waals surface area (Å²) in [6, 6.07) is 2.73. The Kier molecular flexibility index (Phi) is 9.83. The zero-order valence-electron chi connectivity index (χ0n) is 21.5. The third kappa shape index (κ3) is 7.55. The van der Waals surface area contributed by atoms with Crippen LogP contribution in [0.5, 0.6) is 0 Å². The van der Waals surface area contributed by atoms with Crippen molar-refractivity contribution in [3.63, 3.8) is 0 Å². The number of nitrogens with one attached hydrogen (secondary N) is 4. The molecule has 0 unspecified atom stereocenters. The first-order valence-corrected chi connectivity index (χ1v) is 13.5. The maximum Gasteiger partial charge on any atom is 0.410 e. The fourth-order valence-corrected chi connectivity index (χ4v) is 4.97. The number of amides is 2. The average Bonchev–Trinajstić information content (AvgIpc) is 3.57. The second-order valence-corrected chi connectivity index (χ2v) is 9.90. The molecule has 1 fully saturated rings. The van der Waals surface area contributed by atoms with Crippen molar-refractivity contribution in [1.82, 2.24) is 25.8 Å². The lowest BCUT2D eigenvalue weighted by molar-refractivity contribution is 0.123. The van der Waals surface area contributed by atoms with Crippen LogP contribution in [-0.2, 0) is 9.47 Å². The molecule has 41 heavy (non-hydrogen) atoms. The summed E-state index contributed by atoms with van der Waals surface area (Å²) in [5, 5.41) is 18.4. The Morgan fingerprint density at radius 2 is 2.24 bits per heavy atom. The molecule has 1 saturated heterocycles. The molecule has 0 bridgehead atoms. The Morgan fingerprint density at radius 3 is 2.93 bits per heavy atom. The highest BCUT2D eigenvalue weighted by atomic mass is 35.5. The Hall–Kier alpha value is -4.11. The summed E-state index contributed by atoms with van der Waals surface area (Å²) in [6.07, 6.45) is 1.60. The van der Waals surface area contributed by atoms with Crippen LogP contribution in [0.3, 0.4) is 0 Å². The molecule has 11 nitrogen and oxygen atoms in total. The number of carbonyl (C=O) groups excluding carboxylic acids is 2. The van der Waals surface area contributed by atoms with Crippen LogP contribution in [0.15, 0.2) is 58.3 Å². The second-order valence-electron chi connectivity index (χ2n) is 8.60. The van der Waals surface area contributed by atoms with Crippen molar-refractivity contribution in [2.75, 3.05) is 26.2 Å². The first-order chi connectivity index (χ1) is 19.7. The van der Waals surface area contributed by atoms with Crippen molar-refractivity contribution in [3.8, 4) is 0 Å². The highest BCUT2D eigenvalue weighted by Crippen LogP contribution is 2.37. The average molecular weight is 612 g/mol. The van der Waals surface area contributed by atoms with E-state index in [1.54, 1.807) is 23.8 Å². The van der Waals surface area contributed by atoms with Crippen LogP contribution in [0.25, 0.3) is 0 Å². The van der Waals surface area contributed by atoms with Crippen LogP contribution in [-0.4, -0.2) is 72.5 Å². The van der Waals surface area contributed by atoms with Crippen LogP contribution in [0.1, 0.15) is 23.5 Å². The summed E-state index contributed by atoms with van der Waals surface area (Å²) in [7, 11) is 0. The van der Waals surface area contributed by atoms with Gasteiger partial charge >= 0.3 is 18.7 Å². The van der Waals surface area contributed by atoms with E-state index in [2.05, 4.69) is 15.6 Å². The van der Waals surface area contributed by atoms with Gasteiger partial charge in [0.25, 0.3) is 0 Å². The molecule has 2 aromatic rings. The molecular weight excluding hydrogens is 587 g/mol. The van der Waals surface area contributed by atoms with Gasteiger partial charge in [-0.25, -0.2) is 19.0 Å². The molecule has 1 aromatic heterocycles. The lowest BCUT2D eigenvalue weighted by Crippen LogP contribution is -2.40. The van der Waals surface area contributed by atoms with Gasteiger partial charge in [0.15, 0.2) is 10.8 Å². The molecule has 2 aliphatic rings. The van der Waals surface area contributed by atoms with E-state index < -0.39 is 36.7 Å². The molecule has 2 amide bonds. The van der Waals surface area contributed by atoms with Crippen molar-refractivity contribution < 1.29 is 32.2 Å². The Balaban J connectivity index is 1.71. The minimum Gasteiger partial charge on any atom is -0.450 e. The summed E-state index contributed by atoms with van der Waals surface area (Å²) in [4.78, 5) is 34.7. The molecule has 0 aliphatic carbocycles. The van der Waals surface area contributed by atoms with Crippen LogP contribution in [0.4, 0.5) is 22.8 Å². The SMILES string of the molecule is CCOC(=O)NC[C@H]1CN(CC2=C(C(=N)/C=C\NC(F)F)[C@H](c3ccc(F)cc3Cl)N=C(c3nccs3)N2)C(=O)O1. The van der Waals surface area contributed by atoms with E-state index in [-0.39, 0.29) is 42.5 Å². The molecule has 1 aromatic carbocycles. The number of nitrogens with zero attached hydrogens (tertiary/aromatic N) is 3. The van der Waals surface area contributed by atoms with Crippen molar-refractivity contribution >= 4 is 46.7 Å². The molecule has 2 atom stereocenters. The molecule has 4 rings (SSSR count). The number of rotatable bonds is 11. The number of allylic oxidation sites excluding steroid dienone is 1. The highest BCUT2D eigenvalue weighted by Gasteiger charge is 2.36. The molecule has 0 spiro atoms. The third-order valence-corrected chi connectivity index (χ3v) is 6.94. The molecule has 16 heteroatoms. The number of aromatic nitrogens is 1. The van der Waals surface area contributed by atoms with E-state index in [0.29, 0.717) is 22.1 Å². The fraction of sp³-hybridized carbons (Fsp3) is 0.320. The summed E-state index contributed by atoms with van der Waals surface area (Å²) >= 11 is 7.68. The number of hydrogen-bond acceptors (Lipinski definition) is 10. The number of carbonyl (C=O) groups is 2. The van der Waals surface area contributed by atoms with Crippen LogP contribution in [0.2, 0.25) is 5.02 Å². The van der Waals surface area contributed by atoms with E-state index in [4.69, 9.17) is 31.5 Å². The van der Waals surface area contributed by atoms with Crippen molar-refractivity contribution in [2.24, 2.45) is 4.99 Å². The number of thiazole rings is 1. The first kappa shape index (κ1) is 29.9. The monoisotopic (exact) mass is 611 g/mol. The number of hydrogen-bond donors (Lipinski definition) is 4. The minimum atomic E-state index is -2.85. The van der Waals surface area contributed by atoms with E-state index >= 15 is 0 Å². The Bertz CT molecular complexity index is 1390. The van der Waals surface area contributed by atoms with Gasteiger partial charge in [-0.3, -0.25) is 9.89 Å². The molecular formula is C25H25ClF3N7O4S. The van der Waals surface area contributed by atoms with E-state index in [1.807, 2.05) is 0 Å². The predicted molar refractivity (Wildman–Crippen MR) is 146 cm³/mol. The second kappa shape index (κ2) is 13.5. The fourth-order valence-electron chi connectivity index (χ4n) is 4.11. The molecule has 2 aliphatic heterocycles. The predicted octanol–water partition coefficient (Wildman–Crippen LogP) is 4.19. The maximum absolute atomic E-state index is 13.9. The van der Waals surface area contributed by atoms with Gasteiger partial charge < -0.3 is 30.8 Å². The molecule has 3 heterocycles. The zero-order chi connectivity index (χ0) is 29.5. The quantitative estimate of drug-likeness (QED) is 0.221. The van der Waals surface area contributed by atoms with Crippen LogP contribution in [0, 0.1) is 11.2 Å². The Morgan fingerprint density at radius 1 is 1.44 bits per heavy atom. The van der Waals surface area contributed by atoms with Crippen molar-refractivity contribution in [3.05, 3.63) is 74.7 Å². The summed E-state index contributed by atoms with van der Waals surface area (Å²) in [5.74, 6) is -0.277. The topological polar surface area (TPSA) is 141 Å². The van der Waals surface area contributed by atoms with Gasteiger partial charge in [0, 0.05) is 39.6 Å². The zero-order valence-corrected chi connectivity index (χ0v) is 23.1. The van der Waals surface area contributed by atoms with Gasteiger partial charge in [0.2, 0.25) is 0 Å². The van der Waals surface area contributed by atoms with Gasteiger partial charge in [-0.15, -0.1) is 11.3 Å². The van der Waals surface area contributed by atoms with Crippen LogP contribution >= 0.6 is 22.9 Å². The summed E-state index contributed by atoms with van der Waals surface area (Å²) in [6.45, 7) is -1.02. The summed E-state index contributed by atoms with van der Waals surface area (Å²) in [5.41, 5.74) is 0.642. The van der Waals surface area contributed by atoms with E-state index in [0.717, 1.165) is 18.3 Å². The smallest absolute Gasteiger partial charge is 0.410 e. The lowest BCUT2D eigenvalue weighted by atomic mass is 9.91. The maximum atomic E-state index is 13.9. The number of alkyl carbamates (subject to hydrolysis) is 1. The number of aliphatic imine (C=N–C) groups is 1. The number of benzene rings is 1. The van der Waals surface area contributed by atoms with Gasteiger partial charge in [-0.2, -0.15) is 8.78 Å². The number of alkyl halides is 2. The number of halogens is 4. The molecule has 0 radical (unpaired) electrons. The first-order valence-electron chi connectivity index (χ1n) is 12.2. The summed E-state index contributed by atoms with van der Waals surface area (Å²) < 4.78 is 49.6. The standard InChI is InChI=1S/C25H25ClF3N7O4S/c1-2-39-24(37)33-10-14-11-36(25(38)40-14)12-18-19(17(30)5-6-32-23(28)29)20(15-4-3-13(27)9-16(15)26)35-21(34-18)22-31-7-8-41-22/h3-9,14,20,23,30,32H,2,10-12H2,1H3,(H,33,37)(H,34,35)/b6-5-,30-17?/t14-,20-/m0/s1. The molecule has 218 valence electrons. The number of ether oxygens (including phenoxy) is 2. The van der Waals surface area contributed by atoms with Crippen molar-refractivity contribution in [1.29, 1.82) is 5.41 Å². The normalized spacial score (nSPS) is 18.8. The van der Waals surface area contributed by atoms with Gasteiger partial charge in [-0.05, 0) is 25.1 Å². The van der Waals surface area contributed by atoms with Crippen molar-refractivity contribution in [2.45, 2.75) is 25.6 Å². The Labute approximate surface area is 241 Å². The van der Waals surface area contributed by atoms with E-state index in [9.17, 15) is 22.8 Å². The number of cyclic esters (lactones) is 1. The largest absolute Gasteiger partial charge is 0.450 e. The molecule has 0 saturated carbocycles. The van der Waals surface area contributed by atoms with Gasteiger partial charge in [0.05, 0.1) is 32.0 Å².